The fraction of sp³-hybridized carbons (Fsp3) is 0.364. The third-order valence-corrected chi connectivity index (χ3v) is 4.72. The number of fused-ring (bicyclic) bond motifs is 1. The molecule has 26 heavy (non-hydrogen) atoms. The third-order valence-electron chi connectivity index (χ3n) is 4.72. The lowest BCUT2D eigenvalue weighted by atomic mass is 10.1. The van der Waals surface area contributed by atoms with Crippen molar-refractivity contribution in [2.45, 2.75) is 38.9 Å². The molecule has 1 atom stereocenters. The molecule has 0 amide bonds. The van der Waals surface area contributed by atoms with E-state index in [1.54, 1.807) is 7.11 Å². The Morgan fingerprint density at radius 2 is 1.88 bits per heavy atom. The van der Waals surface area contributed by atoms with E-state index >= 15 is 0 Å². The van der Waals surface area contributed by atoms with Gasteiger partial charge in [0, 0.05) is 17.6 Å². The number of para-hydroxylation sites is 2. The van der Waals surface area contributed by atoms with Crippen molar-refractivity contribution in [3.8, 4) is 5.75 Å². The Bertz CT molecular complexity index is 815. The Balaban J connectivity index is 1.61. The van der Waals surface area contributed by atoms with Gasteiger partial charge in [0.2, 0.25) is 0 Å². The zero-order valence-corrected chi connectivity index (χ0v) is 15.5. The molecule has 0 N–H and O–H groups in total. The number of furan rings is 1. The molecule has 0 bridgehead atoms. The van der Waals surface area contributed by atoms with Gasteiger partial charge in [0.05, 0.1) is 13.4 Å². The van der Waals surface area contributed by atoms with Crippen LogP contribution in [0.2, 0.25) is 0 Å². The van der Waals surface area contributed by atoms with Gasteiger partial charge in [-0.1, -0.05) is 37.3 Å². The summed E-state index contributed by atoms with van der Waals surface area (Å²) >= 11 is 0. The molecule has 3 aromatic rings. The van der Waals surface area contributed by atoms with Crippen LogP contribution in [0.15, 0.2) is 59.2 Å². The minimum absolute atomic E-state index is 0.487. The number of unbranched alkanes of at least 4 members (excludes halogenated alkanes) is 1. The van der Waals surface area contributed by atoms with Crippen LogP contribution in [0.4, 0.5) is 10.1 Å². The Morgan fingerprint density at radius 3 is 2.62 bits per heavy atom. The summed E-state index contributed by atoms with van der Waals surface area (Å²) in [6, 6.07) is 15.7. The van der Waals surface area contributed by atoms with Crippen LogP contribution in [0.5, 0.6) is 5.75 Å². The van der Waals surface area contributed by atoms with Gasteiger partial charge in [-0.2, -0.15) is 0 Å². The summed E-state index contributed by atoms with van der Waals surface area (Å²) in [5.74, 6) is 0.757. The first-order valence-corrected chi connectivity index (χ1v) is 9.23. The highest BCUT2D eigenvalue weighted by Crippen LogP contribution is 2.30. The van der Waals surface area contributed by atoms with Crippen LogP contribution in [0.25, 0.3) is 11.0 Å². The van der Waals surface area contributed by atoms with Gasteiger partial charge in [-0.25, -0.2) is 4.39 Å². The van der Waals surface area contributed by atoms with Crippen molar-refractivity contribution in [1.29, 1.82) is 0 Å². The fourth-order valence-electron chi connectivity index (χ4n) is 3.31. The number of rotatable bonds is 9. The number of nitrogens with zero attached hydrogens (tertiary/aromatic N) is 1. The SMILES string of the molecule is CCC(F)N(CCCCc1coc2c(OC)cccc12)c1ccccc1. The molecule has 1 unspecified atom stereocenters. The Labute approximate surface area is 154 Å². The quantitative estimate of drug-likeness (QED) is 0.349. The number of hydrogen-bond donors (Lipinski definition) is 0. The third kappa shape index (κ3) is 4.01. The van der Waals surface area contributed by atoms with E-state index < -0.39 is 6.30 Å². The smallest absolute Gasteiger partial charge is 0.175 e. The first kappa shape index (κ1) is 18.3. The summed E-state index contributed by atoms with van der Waals surface area (Å²) in [5.41, 5.74) is 2.92. The minimum Gasteiger partial charge on any atom is -0.493 e. The summed E-state index contributed by atoms with van der Waals surface area (Å²) < 4.78 is 25.4. The van der Waals surface area contributed by atoms with Crippen LogP contribution in [0.1, 0.15) is 31.7 Å². The lowest BCUT2D eigenvalue weighted by Crippen LogP contribution is -2.32. The van der Waals surface area contributed by atoms with Gasteiger partial charge in [0.15, 0.2) is 17.6 Å². The van der Waals surface area contributed by atoms with Crippen molar-refractivity contribution in [3.05, 3.63) is 60.4 Å². The van der Waals surface area contributed by atoms with Crippen LogP contribution in [-0.2, 0) is 6.42 Å². The summed E-state index contributed by atoms with van der Waals surface area (Å²) in [4.78, 5) is 1.86. The molecule has 0 spiro atoms. The molecule has 0 saturated carbocycles. The minimum atomic E-state index is -0.948. The number of halogens is 1. The fourth-order valence-corrected chi connectivity index (χ4v) is 3.31. The van der Waals surface area contributed by atoms with Crippen molar-refractivity contribution in [2.75, 3.05) is 18.6 Å². The molecule has 2 aromatic carbocycles. The molecule has 1 aromatic heterocycles. The van der Waals surface area contributed by atoms with Crippen LogP contribution in [0, 0.1) is 0 Å². The average Bonchev–Trinajstić information content (AvgIpc) is 3.11. The van der Waals surface area contributed by atoms with Crippen molar-refractivity contribution < 1.29 is 13.5 Å². The molecule has 0 saturated heterocycles. The maximum Gasteiger partial charge on any atom is 0.175 e. The number of alkyl halides is 1. The van der Waals surface area contributed by atoms with E-state index in [0.29, 0.717) is 13.0 Å². The van der Waals surface area contributed by atoms with Crippen LogP contribution < -0.4 is 9.64 Å². The molecule has 4 heteroatoms. The highest BCUT2D eigenvalue weighted by atomic mass is 19.1. The number of hydrogen-bond acceptors (Lipinski definition) is 3. The van der Waals surface area contributed by atoms with E-state index in [2.05, 4.69) is 6.07 Å². The van der Waals surface area contributed by atoms with Crippen LogP contribution >= 0.6 is 0 Å². The van der Waals surface area contributed by atoms with Crippen LogP contribution in [-0.4, -0.2) is 20.0 Å². The Kier molecular flexibility index (Phi) is 6.16. The largest absolute Gasteiger partial charge is 0.493 e. The average molecular weight is 355 g/mol. The van der Waals surface area contributed by atoms with Crippen molar-refractivity contribution in [1.82, 2.24) is 0 Å². The molecule has 0 aliphatic carbocycles. The highest BCUT2D eigenvalue weighted by molar-refractivity contribution is 5.86. The molecule has 0 aliphatic heterocycles. The number of benzene rings is 2. The van der Waals surface area contributed by atoms with Gasteiger partial charge in [-0.3, -0.25) is 0 Å². The van der Waals surface area contributed by atoms with Gasteiger partial charge in [-0.05, 0) is 49.4 Å². The first-order chi connectivity index (χ1) is 12.7. The number of aryl methyl sites for hydroxylation is 1. The molecule has 0 fully saturated rings. The van der Waals surface area contributed by atoms with E-state index in [1.165, 1.54) is 5.56 Å². The van der Waals surface area contributed by atoms with Gasteiger partial charge >= 0.3 is 0 Å². The maximum absolute atomic E-state index is 14.4. The van der Waals surface area contributed by atoms with Gasteiger partial charge in [-0.15, -0.1) is 0 Å². The molecular weight excluding hydrogens is 329 g/mol. The number of anilines is 1. The van der Waals surface area contributed by atoms with Crippen molar-refractivity contribution in [2.24, 2.45) is 0 Å². The summed E-state index contributed by atoms with van der Waals surface area (Å²) in [5, 5.41) is 1.10. The van der Waals surface area contributed by atoms with Gasteiger partial charge in [0.25, 0.3) is 0 Å². The highest BCUT2D eigenvalue weighted by Gasteiger charge is 2.16. The molecule has 3 nitrogen and oxygen atoms in total. The zero-order valence-electron chi connectivity index (χ0n) is 15.5. The normalized spacial score (nSPS) is 12.3. The number of ether oxygens (including phenoxy) is 1. The zero-order chi connectivity index (χ0) is 18.4. The molecule has 3 rings (SSSR count). The second-order valence-electron chi connectivity index (χ2n) is 6.43. The maximum atomic E-state index is 14.4. The predicted octanol–water partition coefficient (Wildman–Crippen LogP) is 5.98. The standard InChI is InChI=1S/C22H26FNO2/c1-3-21(23)24(18-11-5-4-6-12-18)15-8-7-10-17-16-26-22-19(17)13-9-14-20(22)25-2/h4-6,9,11-14,16,21H,3,7-8,10,15H2,1-2H3. The summed E-state index contributed by atoms with van der Waals surface area (Å²) in [6.45, 7) is 2.59. The van der Waals surface area contributed by atoms with Crippen molar-refractivity contribution >= 4 is 16.7 Å². The Morgan fingerprint density at radius 1 is 1.08 bits per heavy atom. The monoisotopic (exact) mass is 355 g/mol. The summed E-state index contributed by atoms with van der Waals surface area (Å²) in [6.07, 6.45) is 4.16. The summed E-state index contributed by atoms with van der Waals surface area (Å²) in [7, 11) is 1.65. The number of methoxy groups -OCH3 is 1. The Hall–Kier alpha value is -2.49. The molecule has 138 valence electrons. The van der Waals surface area contributed by atoms with Crippen LogP contribution in [0.3, 0.4) is 0 Å². The first-order valence-electron chi connectivity index (χ1n) is 9.23. The van der Waals surface area contributed by atoms with E-state index in [1.807, 2.05) is 60.6 Å². The molecule has 1 heterocycles. The molecular formula is C22H26FNO2. The van der Waals surface area contributed by atoms with E-state index in [0.717, 1.165) is 41.7 Å². The van der Waals surface area contributed by atoms with Crippen molar-refractivity contribution in [3.63, 3.8) is 0 Å². The van der Waals surface area contributed by atoms with Gasteiger partial charge in [0.1, 0.15) is 0 Å². The van der Waals surface area contributed by atoms with E-state index in [4.69, 9.17) is 9.15 Å². The second kappa shape index (κ2) is 8.75. The molecule has 0 aliphatic rings. The molecule has 0 radical (unpaired) electrons. The van der Waals surface area contributed by atoms with E-state index in [-0.39, 0.29) is 0 Å². The van der Waals surface area contributed by atoms with Gasteiger partial charge < -0.3 is 14.1 Å². The lowest BCUT2D eigenvalue weighted by molar-refractivity contribution is 0.307. The lowest BCUT2D eigenvalue weighted by Gasteiger charge is -2.28. The topological polar surface area (TPSA) is 25.6 Å². The van der Waals surface area contributed by atoms with E-state index in [9.17, 15) is 4.39 Å². The predicted molar refractivity (Wildman–Crippen MR) is 105 cm³/mol. The second-order valence-corrected chi connectivity index (χ2v) is 6.43.